The minimum absolute atomic E-state index is 0.0609. The van der Waals surface area contributed by atoms with Crippen molar-refractivity contribution in [2.45, 2.75) is 19.5 Å². The minimum Gasteiger partial charge on any atom is -0.433 e. The number of aliphatic hydroxyl groups excluding tert-OH is 1. The molecule has 0 atom stereocenters. The van der Waals surface area contributed by atoms with Crippen molar-refractivity contribution in [1.82, 2.24) is 4.90 Å². The van der Waals surface area contributed by atoms with Crippen molar-refractivity contribution >= 4 is 17.2 Å². The molecule has 1 N–H and O–H groups in total. The smallest absolute Gasteiger partial charge is 0.387 e. The third kappa shape index (κ3) is 3.42. The molecule has 7 heteroatoms. The number of likely N-dealkylation sites (tertiary alicyclic amines) is 1. The van der Waals surface area contributed by atoms with Crippen molar-refractivity contribution in [2.24, 2.45) is 5.92 Å². The van der Waals surface area contributed by atoms with Gasteiger partial charge in [-0.1, -0.05) is 0 Å². The molecular weight excluding hydrogens is 276 g/mol. The second-order valence-electron chi connectivity index (χ2n) is 4.41. The second-order valence-corrected chi connectivity index (χ2v) is 5.33. The first-order chi connectivity index (χ1) is 9.11. The Balaban J connectivity index is 2.02. The molecule has 2 rings (SSSR count). The van der Waals surface area contributed by atoms with Crippen LogP contribution in [0.25, 0.3) is 0 Å². The van der Waals surface area contributed by atoms with Crippen LogP contribution in [-0.4, -0.2) is 42.2 Å². The van der Waals surface area contributed by atoms with Gasteiger partial charge in [0.15, 0.2) is 0 Å². The molecule has 0 aromatic carbocycles. The Morgan fingerprint density at radius 2 is 2.21 bits per heavy atom. The molecule has 0 radical (unpaired) electrons. The molecule has 0 aliphatic carbocycles. The molecule has 0 unspecified atom stereocenters. The largest absolute Gasteiger partial charge is 0.433 e. The molecule has 4 nitrogen and oxygen atoms in total. The molecule has 0 bridgehead atoms. The number of nitrogens with zero attached hydrogens (tertiary/aromatic N) is 1. The number of thiophene rings is 1. The number of carbonyl (C=O) groups is 1. The highest BCUT2D eigenvalue weighted by atomic mass is 32.1. The van der Waals surface area contributed by atoms with E-state index in [0.29, 0.717) is 13.1 Å². The zero-order valence-electron chi connectivity index (χ0n) is 10.2. The zero-order chi connectivity index (χ0) is 13.8. The molecule has 2 heterocycles. The lowest BCUT2D eigenvalue weighted by Crippen LogP contribution is -2.39. The molecular formula is C12H15F2NO3S. The maximum absolute atomic E-state index is 12.2. The highest BCUT2D eigenvalue weighted by molar-refractivity contribution is 7.12. The van der Waals surface area contributed by atoms with E-state index >= 15 is 0 Å². The summed E-state index contributed by atoms with van der Waals surface area (Å²) in [5.74, 6) is -0.111. The summed E-state index contributed by atoms with van der Waals surface area (Å²) in [7, 11) is 0. The Morgan fingerprint density at radius 3 is 2.79 bits per heavy atom. The molecule has 106 valence electrons. The van der Waals surface area contributed by atoms with E-state index in [2.05, 4.69) is 4.74 Å². The first-order valence-electron chi connectivity index (χ1n) is 6.04. The number of carbonyl (C=O) groups excluding carboxylic acids is 1. The first kappa shape index (κ1) is 14.2. The number of hydrogen-bond acceptors (Lipinski definition) is 4. The van der Waals surface area contributed by atoms with Gasteiger partial charge in [0.25, 0.3) is 5.91 Å². The fourth-order valence-corrected chi connectivity index (χ4v) is 2.89. The van der Waals surface area contributed by atoms with Crippen LogP contribution in [0.4, 0.5) is 8.78 Å². The predicted molar refractivity (Wildman–Crippen MR) is 66.7 cm³/mol. The Morgan fingerprint density at radius 1 is 1.53 bits per heavy atom. The molecule has 0 saturated carbocycles. The van der Waals surface area contributed by atoms with Gasteiger partial charge in [-0.25, -0.2) is 0 Å². The van der Waals surface area contributed by atoms with Crippen molar-refractivity contribution in [3.8, 4) is 5.75 Å². The van der Waals surface area contributed by atoms with Crippen molar-refractivity contribution in [3.05, 3.63) is 16.3 Å². The van der Waals surface area contributed by atoms with Gasteiger partial charge >= 0.3 is 6.61 Å². The van der Waals surface area contributed by atoms with E-state index in [1.807, 2.05) is 0 Å². The summed E-state index contributed by atoms with van der Waals surface area (Å²) in [6.07, 6.45) is 1.47. The molecule has 1 amide bonds. The van der Waals surface area contributed by atoms with Crippen LogP contribution in [0.5, 0.6) is 5.75 Å². The lowest BCUT2D eigenvalue weighted by molar-refractivity contribution is -0.0499. The van der Waals surface area contributed by atoms with Gasteiger partial charge in [-0.05, 0) is 30.2 Å². The summed E-state index contributed by atoms with van der Waals surface area (Å²) in [6.45, 7) is -1.73. The quantitative estimate of drug-likeness (QED) is 0.925. The van der Waals surface area contributed by atoms with Gasteiger partial charge in [0.05, 0.1) is 0 Å². The van der Waals surface area contributed by atoms with Gasteiger partial charge in [0, 0.05) is 19.7 Å². The second kappa shape index (κ2) is 6.29. The van der Waals surface area contributed by atoms with E-state index in [0.717, 1.165) is 24.2 Å². The third-order valence-corrected chi connectivity index (χ3v) is 4.08. The summed E-state index contributed by atoms with van der Waals surface area (Å²) >= 11 is 1.10. The Hall–Kier alpha value is -1.21. The van der Waals surface area contributed by atoms with Gasteiger partial charge < -0.3 is 14.7 Å². The number of hydrogen-bond donors (Lipinski definition) is 1. The van der Waals surface area contributed by atoms with Crippen LogP contribution in [0.3, 0.4) is 0 Å². The van der Waals surface area contributed by atoms with E-state index in [4.69, 9.17) is 5.11 Å². The minimum atomic E-state index is -2.93. The molecule has 1 aliphatic rings. The fourth-order valence-electron chi connectivity index (χ4n) is 2.10. The molecule has 1 aromatic rings. The van der Waals surface area contributed by atoms with E-state index in [9.17, 15) is 13.6 Å². The summed E-state index contributed by atoms with van der Waals surface area (Å²) in [5, 5.41) is 10.6. The summed E-state index contributed by atoms with van der Waals surface area (Å²) in [5.41, 5.74) is 0. The lowest BCUT2D eigenvalue weighted by atomic mass is 9.98. The van der Waals surface area contributed by atoms with E-state index in [-0.39, 0.29) is 29.1 Å². The Labute approximate surface area is 113 Å². The molecule has 1 aromatic heterocycles. The molecule has 0 spiro atoms. The summed E-state index contributed by atoms with van der Waals surface area (Å²) in [4.78, 5) is 14.0. The van der Waals surface area contributed by atoms with Gasteiger partial charge in [0.2, 0.25) is 0 Å². The molecule has 1 aliphatic heterocycles. The van der Waals surface area contributed by atoms with Gasteiger partial charge in [-0.2, -0.15) is 8.78 Å². The van der Waals surface area contributed by atoms with E-state index in [1.54, 1.807) is 10.3 Å². The zero-order valence-corrected chi connectivity index (χ0v) is 11.0. The topological polar surface area (TPSA) is 49.8 Å². The Kier molecular flexibility index (Phi) is 4.71. The monoisotopic (exact) mass is 291 g/mol. The number of alkyl halides is 2. The fraction of sp³-hybridized carbons (Fsp3) is 0.583. The SMILES string of the molecule is O=C(c1sccc1OC(F)F)N1CCC(CO)CC1. The first-order valence-corrected chi connectivity index (χ1v) is 6.92. The summed E-state index contributed by atoms with van der Waals surface area (Å²) < 4.78 is 28.8. The van der Waals surface area contributed by atoms with Crippen molar-refractivity contribution in [2.75, 3.05) is 19.7 Å². The van der Waals surface area contributed by atoms with Crippen LogP contribution in [0, 0.1) is 5.92 Å². The highest BCUT2D eigenvalue weighted by Crippen LogP contribution is 2.29. The number of rotatable bonds is 4. The number of amides is 1. The van der Waals surface area contributed by atoms with Crippen molar-refractivity contribution in [3.63, 3.8) is 0 Å². The van der Waals surface area contributed by atoms with Gasteiger partial charge in [0.1, 0.15) is 10.6 Å². The van der Waals surface area contributed by atoms with E-state index < -0.39 is 6.61 Å². The summed E-state index contributed by atoms with van der Waals surface area (Å²) in [6, 6.07) is 1.38. The molecule has 1 saturated heterocycles. The molecule has 19 heavy (non-hydrogen) atoms. The standard InChI is InChI=1S/C12H15F2NO3S/c13-12(14)18-9-3-6-19-10(9)11(17)15-4-1-8(7-16)2-5-15/h3,6,8,12,16H,1-2,4-5,7H2. The van der Waals surface area contributed by atoms with Crippen LogP contribution >= 0.6 is 11.3 Å². The number of piperidine rings is 1. The number of halogens is 2. The van der Waals surface area contributed by atoms with Crippen LogP contribution in [-0.2, 0) is 0 Å². The van der Waals surface area contributed by atoms with Crippen molar-refractivity contribution < 1.29 is 23.4 Å². The highest BCUT2D eigenvalue weighted by Gasteiger charge is 2.26. The maximum atomic E-state index is 12.2. The van der Waals surface area contributed by atoms with Crippen LogP contribution in [0.1, 0.15) is 22.5 Å². The Bertz CT molecular complexity index is 430. The van der Waals surface area contributed by atoms with Gasteiger partial charge in [-0.15, -0.1) is 11.3 Å². The average Bonchev–Trinajstić information content (AvgIpc) is 2.85. The molecule has 1 fully saturated rings. The third-order valence-electron chi connectivity index (χ3n) is 3.20. The average molecular weight is 291 g/mol. The van der Waals surface area contributed by atoms with Crippen molar-refractivity contribution in [1.29, 1.82) is 0 Å². The van der Waals surface area contributed by atoms with Crippen LogP contribution in [0.15, 0.2) is 11.4 Å². The van der Waals surface area contributed by atoms with Gasteiger partial charge in [-0.3, -0.25) is 4.79 Å². The normalized spacial score (nSPS) is 16.9. The predicted octanol–water partition coefficient (Wildman–Crippen LogP) is 2.19. The van der Waals surface area contributed by atoms with Crippen LogP contribution < -0.4 is 4.74 Å². The number of ether oxygens (including phenoxy) is 1. The van der Waals surface area contributed by atoms with Crippen LogP contribution in [0.2, 0.25) is 0 Å². The lowest BCUT2D eigenvalue weighted by Gasteiger charge is -2.30. The van der Waals surface area contributed by atoms with E-state index in [1.165, 1.54) is 6.07 Å². The maximum Gasteiger partial charge on any atom is 0.387 e. The number of aliphatic hydroxyl groups is 1.